The van der Waals surface area contributed by atoms with Gasteiger partial charge in [-0.2, -0.15) is 0 Å². The second-order valence-electron chi connectivity index (χ2n) is 6.43. The van der Waals surface area contributed by atoms with Crippen LogP contribution in [-0.4, -0.2) is 50.0 Å². The van der Waals surface area contributed by atoms with Crippen LogP contribution >= 0.6 is 0 Å². The Bertz CT molecular complexity index is 751. The fraction of sp³-hybridized carbons (Fsp3) is 0.350. The summed E-state index contributed by atoms with van der Waals surface area (Å²) in [6, 6.07) is 14.3. The average molecular weight is 358 g/mol. The van der Waals surface area contributed by atoms with Crippen molar-refractivity contribution >= 4 is 5.91 Å². The van der Waals surface area contributed by atoms with Gasteiger partial charge in [-0.25, -0.2) is 4.39 Å². The molecule has 0 bridgehead atoms. The van der Waals surface area contributed by atoms with Gasteiger partial charge in [-0.15, -0.1) is 0 Å². The van der Waals surface area contributed by atoms with E-state index in [1.165, 1.54) is 13.2 Å². The first-order valence-corrected chi connectivity index (χ1v) is 8.61. The lowest BCUT2D eigenvalue weighted by Gasteiger charge is -2.46. The number of halogens is 1. The van der Waals surface area contributed by atoms with Crippen molar-refractivity contribution in [3.8, 4) is 11.1 Å². The third-order valence-electron chi connectivity index (χ3n) is 4.77. The molecule has 26 heavy (non-hydrogen) atoms. The van der Waals surface area contributed by atoms with Gasteiger partial charge in [0.25, 0.3) is 0 Å². The van der Waals surface area contributed by atoms with Crippen molar-refractivity contribution in [3.05, 3.63) is 59.9 Å². The molecule has 1 amide bonds. The Hall–Kier alpha value is -2.28. The minimum Gasteiger partial charge on any atom is -0.395 e. The molecule has 0 spiro atoms. The molecule has 3 rings (SSSR count). The third-order valence-corrected chi connectivity index (χ3v) is 4.77. The Morgan fingerprint density at radius 3 is 2.58 bits per heavy atom. The maximum Gasteiger partial charge on any atom is 0.246 e. The van der Waals surface area contributed by atoms with Crippen LogP contribution in [0.2, 0.25) is 0 Å². The summed E-state index contributed by atoms with van der Waals surface area (Å²) in [5.41, 5.74) is 2.42. The molecule has 0 saturated carbocycles. The number of aliphatic hydroxyl groups excluding tert-OH is 1. The number of amides is 1. The fourth-order valence-electron chi connectivity index (χ4n) is 3.45. The van der Waals surface area contributed by atoms with E-state index >= 15 is 0 Å². The standard InChI is InChI=1S/C20H23FN2O3/c1-26-12-19(25)22-10-17-20(18(11-24)23-17)14-8-6-13(7-9-14)15-4-2-3-5-16(15)21/h2-9,17-18,20,23-24H,10-12H2,1H3,(H,22,25)/t17-,18-,20-/m0/s1. The highest BCUT2D eigenvalue weighted by molar-refractivity contribution is 5.77. The highest BCUT2D eigenvalue weighted by Crippen LogP contribution is 2.33. The summed E-state index contributed by atoms with van der Waals surface area (Å²) in [5.74, 6) is -0.342. The number of benzene rings is 2. The van der Waals surface area contributed by atoms with E-state index in [1.54, 1.807) is 12.1 Å². The average Bonchev–Trinajstić information content (AvgIpc) is 2.62. The predicted octanol–water partition coefficient (Wildman–Crippen LogP) is 1.67. The fourth-order valence-corrected chi connectivity index (χ4v) is 3.45. The summed E-state index contributed by atoms with van der Waals surface area (Å²) < 4.78 is 18.7. The first kappa shape index (κ1) is 18.5. The third kappa shape index (κ3) is 3.93. The van der Waals surface area contributed by atoms with Crippen LogP contribution in [0.5, 0.6) is 0 Å². The lowest BCUT2D eigenvalue weighted by molar-refractivity contribution is -0.125. The Balaban J connectivity index is 1.71. The van der Waals surface area contributed by atoms with Gasteiger partial charge < -0.3 is 20.5 Å². The van der Waals surface area contributed by atoms with Crippen molar-refractivity contribution in [1.29, 1.82) is 0 Å². The topological polar surface area (TPSA) is 70.6 Å². The Labute approximate surface area is 152 Å². The Kier molecular flexibility index (Phi) is 5.98. The highest BCUT2D eigenvalue weighted by atomic mass is 19.1. The number of nitrogens with one attached hydrogen (secondary N) is 2. The number of hydrogen-bond acceptors (Lipinski definition) is 4. The smallest absolute Gasteiger partial charge is 0.246 e. The zero-order valence-electron chi connectivity index (χ0n) is 14.6. The molecule has 1 aliphatic rings. The minimum absolute atomic E-state index is 0.0161. The van der Waals surface area contributed by atoms with Crippen LogP contribution in [0.15, 0.2) is 48.5 Å². The van der Waals surface area contributed by atoms with E-state index in [0.29, 0.717) is 12.1 Å². The van der Waals surface area contributed by atoms with Gasteiger partial charge in [-0.05, 0) is 17.2 Å². The molecule has 1 fully saturated rings. The number of carbonyl (C=O) groups excluding carboxylic acids is 1. The van der Waals surface area contributed by atoms with Gasteiger partial charge >= 0.3 is 0 Å². The number of ether oxygens (including phenoxy) is 1. The van der Waals surface area contributed by atoms with Gasteiger partial charge in [0.05, 0.1) is 6.61 Å². The molecule has 1 heterocycles. The molecule has 0 radical (unpaired) electrons. The monoisotopic (exact) mass is 358 g/mol. The van der Waals surface area contributed by atoms with Crippen LogP contribution < -0.4 is 10.6 Å². The molecule has 0 aliphatic carbocycles. The molecular weight excluding hydrogens is 335 g/mol. The molecule has 2 aromatic carbocycles. The van der Waals surface area contributed by atoms with Gasteiger partial charge in [0, 0.05) is 37.2 Å². The minimum atomic E-state index is -0.252. The van der Waals surface area contributed by atoms with Crippen LogP contribution in [0.1, 0.15) is 11.5 Å². The lowest BCUT2D eigenvalue weighted by Crippen LogP contribution is -2.64. The van der Waals surface area contributed by atoms with Crippen LogP contribution in [0.3, 0.4) is 0 Å². The van der Waals surface area contributed by atoms with Crippen molar-refractivity contribution < 1.29 is 19.0 Å². The number of carbonyl (C=O) groups is 1. The molecule has 138 valence electrons. The van der Waals surface area contributed by atoms with E-state index in [0.717, 1.165) is 11.1 Å². The quantitative estimate of drug-likeness (QED) is 0.704. The van der Waals surface area contributed by atoms with Crippen molar-refractivity contribution in [2.45, 2.75) is 18.0 Å². The zero-order chi connectivity index (χ0) is 18.5. The summed E-state index contributed by atoms with van der Waals surface area (Å²) in [6.45, 7) is 0.499. The summed E-state index contributed by atoms with van der Waals surface area (Å²) in [6.07, 6.45) is 0. The Morgan fingerprint density at radius 2 is 1.92 bits per heavy atom. The van der Waals surface area contributed by atoms with Gasteiger partial charge in [0.15, 0.2) is 0 Å². The van der Waals surface area contributed by atoms with E-state index in [1.807, 2.05) is 30.3 Å². The van der Waals surface area contributed by atoms with Gasteiger partial charge in [0.2, 0.25) is 5.91 Å². The first-order chi connectivity index (χ1) is 12.6. The van der Waals surface area contributed by atoms with Crippen LogP contribution in [0, 0.1) is 5.82 Å². The number of aliphatic hydroxyl groups is 1. The molecule has 3 atom stereocenters. The molecule has 2 aromatic rings. The van der Waals surface area contributed by atoms with Crippen molar-refractivity contribution in [1.82, 2.24) is 10.6 Å². The highest BCUT2D eigenvalue weighted by Gasteiger charge is 2.40. The molecule has 3 N–H and O–H groups in total. The summed E-state index contributed by atoms with van der Waals surface area (Å²) >= 11 is 0. The van der Waals surface area contributed by atoms with Crippen LogP contribution in [0.4, 0.5) is 4.39 Å². The predicted molar refractivity (Wildman–Crippen MR) is 97.3 cm³/mol. The van der Waals surface area contributed by atoms with Crippen LogP contribution in [-0.2, 0) is 9.53 Å². The van der Waals surface area contributed by atoms with E-state index in [-0.39, 0.29) is 42.9 Å². The van der Waals surface area contributed by atoms with Gasteiger partial charge in [0.1, 0.15) is 12.4 Å². The largest absolute Gasteiger partial charge is 0.395 e. The van der Waals surface area contributed by atoms with E-state index in [9.17, 15) is 14.3 Å². The van der Waals surface area contributed by atoms with Gasteiger partial charge in [-0.3, -0.25) is 4.79 Å². The summed E-state index contributed by atoms with van der Waals surface area (Å²) in [7, 11) is 1.48. The normalized spacial score (nSPS) is 21.9. The zero-order valence-corrected chi connectivity index (χ0v) is 14.6. The second kappa shape index (κ2) is 8.40. The number of methoxy groups -OCH3 is 1. The lowest BCUT2D eigenvalue weighted by atomic mass is 9.77. The second-order valence-corrected chi connectivity index (χ2v) is 6.43. The van der Waals surface area contributed by atoms with Crippen molar-refractivity contribution in [2.24, 2.45) is 0 Å². The summed E-state index contributed by atoms with van der Waals surface area (Å²) in [5, 5.41) is 15.6. The number of rotatable bonds is 7. The van der Waals surface area contributed by atoms with Crippen LogP contribution in [0.25, 0.3) is 11.1 Å². The molecular formula is C20H23FN2O3. The molecule has 1 saturated heterocycles. The van der Waals surface area contributed by atoms with E-state index in [2.05, 4.69) is 10.6 Å². The maximum atomic E-state index is 13.9. The molecule has 1 aliphatic heterocycles. The first-order valence-electron chi connectivity index (χ1n) is 8.61. The molecule has 0 unspecified atom stereocenters. The van der Waals surface area contributed by atoms with Crippen molar-refractivity contribution in [3.63, 3.8) is 0 Å². The van der Waals surface area contributed by atoms with E-state index in [4.69, 9.17) is 4.74 Å². The number of hydrogen-bond donors (Lipinski definition) is 3. The molecule has 0 aromatic heterocycles. The SMILES string of the molecule is COCC(=O)NC[C@@H]1N[C@@H](CO)[C@H]1c1ccc(-c2ccccc2F)cc1. The van der Waals surface area contributed by atoms with Gasteiger partial charge in [-0.1, -0.05) is 42.5 Å². The van der Waals surface area contributed by atoms with Crippen molar-refractivity contribution in [2.75, 3.05) is 26.9 Å². The molecule has 6 heteroatoms. The summed E-state index contributed by atoms with van der Waals surface area (Å²) in [4.78, 5) is 11.6. The van der Waals surface area contributed by atoms with E-state index < -0.39 is 0 Å². The maximum absolute atomic E-state index is 13.9. The Morgan fingerprint density at radius 1 is 1.19 bits per heavy atom. The molecule has 5 nitrogen and oxygen atoms in total.